The zero-order valence-corrected chi connectivity index (χ0v) is 7.05. The van der Waals surface area contributed by atoms with Crippen LogP contribution in [0.4, 0.5) is 5.69 Å². The highest BCUT2D eigenvalue weighted by atomic mass is 16.2. The maximum atomic E-state index is 11.5. The molecule has 0 spiro atoms. The number of aromatic nitrogens is 2. The standard InChI is InChI=1S/C8H10N4O/c9-7-1-2-12(8(7)13)6-3-10-5-11-4-6/h3-5,7H,1-2,9H2. The van der Waals surface area contributed by atoms with Gasteiger partial charge in [0.05, 0.1) is 24.1 Å². The van der Waals surface area contributed by atoms with Crippen molar-refractivity contribution in [2.75, 3.05) is 11.4 Å². The summed E-state index contributed by atoms with van der Waals surface area (Å²) in [4.78, 5) is 20.8. The van der Waals surface area contributed by atoms with Crippen LogP contribution in [0.2, 0.25) is 0 Å². The predicted molar refractivity (Wildman–Crippen MR) is 47.0 cm³/mol. The molecular formula is C8H10N4O. The van der Waals surface area contributed by atoms with Crippen LogP contribution in [0.15, 0.2) is 18.7 Å². The van der Waals surface area contributed by atoms with Crippen LogP contribution in [0.1, 0.15) is 6.42 Å². The molecular weight excluding hydrogens is 168 g/mol. The fourth-order valence-corrected chi connectivity index (χ4v) is 1.39. The number of nitrogens with two attached hydrogens (primary N) is 1. The van der Waals surface area contributed by atoms with Gasteiger partial charge in [-0.1, -0.05) is 0 Å². The van der Waals surface area contributed by atoms with Gasteiger partial charge in [-0.05, 0) is 6.42 Å². The second kappa shape index (κ2) is 3.10. The molecule has 13 heavy (non-hydrogen) atoms. The lowest BCUT2D eigenvalue weighted by molar-refractivity contribution is -0.118. The van der Waals surface area contributed by atoms with E-state index in [-0.39, 0.29) is 11.9 Å². The van der Waals surface area contributed by atoms with Gasteiger partial charge in [0.25, 0.3) is 0 Å². The molecule has 1 aliphatic heterocycles. The van der Waals surface area contributed by atoms with Crippen molar-refractivity contribution < 1.29 is 4.79 Å². The molecule has 0 bridgehead atoms. The highest BCUT2D eigenvalue weighted by Gasteiger charge is 2.29. The summed E-state index contributed by atoms with van der Waals surface area (Å²) < 4.78 is 0. The number of rotatable bonds is 1. The number of amides is 1. The molecule has 1 aliphatic rings. The fourth-order valence-electron chi connectivity index (χ4n) is 1.39. The first kappa shape index (κ1) is 8.12. The van der Waals surface area contributed by atoms with E-state index in [2.05, 4.69) is 9.97 Å². The van der Waals surface area contributed by atoms with E-state index >= 15 is 0 Å². The van der Waals surface area contributed by atoms with E-state index in [1.807, 2.05) is 0 Å². The molecule has 5 nitrogen and oxygen atoms in total. The summed E-state index contributed by atoms with van der Waals surface area (Å²) in [6.45, 7) is 0.660. The SMILES string of the molecule is NC1CCN(c2cncnc2)C1=O. The molecule has 1 aromatic rings. The molecule has 0 aliphatic carbocycles. The summed E-state index contributed by atoms with van der Waals surface area (Å²) in [5.41, 5.74) is 6.30. The van der Waals surface area contributed by atoms with Crippen molar-refractivity contribution in [1.29, 1.82) is 0 Å². The molecule has 0 radical (unpaired) electrons. The second-order valence-corrected chi connectivity index (χ2v) is 2.98. The minimum absolute atomic E-state index is 0.0465. The molecule has 1 aromatic heterocycles. The van der Waals surface area contributed by atoms with Gasteiger partial charge in [-0.3, -0.25) is 4.79 Å². The van der Waals surface area contributed by atoms with E-state index < -0.39 is 0 Å². The van der Waals surface area contributed by atoms with Gasteiger partial charge in [-0.15, -0.1) is 0 Å². The van der Waals surface area contributed by atoms with E-state index in [0.717, 1.165) is 5.69 Å². The van der Waals surface area contributed by atoms with Crippen molar-refractivity contribution in [1.82, 2.24) is 9.97 Å². The first-order valence-electron chi connectivity index (χ1n) is 4.11. The Kier molecular flexibility index (Phi) is 1.94. The molecule has 2 heterocycles. The Morgan fingerprint density at radius 1 is 1.46 bits per heavy atom. The topological polar surface area (TPSA) is 72.1 Å². The maximum absolute atomic E-state index is 11.5. The molecule has 1 saturated heterocycles. The van der Waals surface area contributed by atoms with Crippen LogP contribution >= 0.6 is 0 Å². The van der Waals surface area contributed by atoms with Crippen molar-refractivity contribution in [2.45, 2.75) is 12.5 Å². The van der Waals surface area contributed by atoms with Gasteiger partial charge in [0.2, 0.25) is 5.91 Å². The quantitative estimate of drug-likeness (QED) is 0.631. The average Bonchev–Trinajstić information content (AvgIpc) is 2.49. The Morgan fingerprint density at radius 3 is 2.69 bits per heavy atom. The molecule has 0 aromatic carbocycles. The van der Waals surface area contributed by atoms with Gasteiger partial charge in [0.15, 0.2) is 0 Å². The van der Waals surface area contributed by atoms with Crippen molar-refractivity contribution in [3.63, 3.8) is 0 Å². The summed E-state index contributed by atoms with van der Waals surface area (Å²) in [6.07, 6.45) is 5.36. The van der Waals surface area contributed by atoms with Gasteiger partial charge >= 0.3 is 0 Å². The number of carbonyl (C=O) groups excluding carboxylic acids is 1. The lowest BCUT2D eigenvalue weighted by Crippen LogP contribution is -2.34. The number of anilines is 1. The third-order valence-corrected chi connectivity index (χ3v) is 2.11. The molecule has 1 atom stereocenters. The average molecular weight is 178 g/mol. The first-order chi connectivity index (χ1) is 6.29. The Labute approximate surface area is 75.6 Å². The fraction of sp³-hybridized carbons (Fsp3) is 0.375. The summed E-state index contributed by atoms with van der Waals surface area (Å²) in [5.74, 6) is -0.0465. The normalized spacial score (nSPS) is 22.4. The van der Waals surface area contributed by atoms with Gasteiger partial charge in [-0.2, -0.15) is 0 Å². The predicted octanol–water partition coefficient (Wildman–Crippen LogP) is -0.459. The van der Waals surface area contributed by atoms with Crippen molar-refractivity contribution >= 4 is 11.6 Å². The van der Waals surface area contributed by atoms with Crippen molar-refractivity contribution in [3.05, 3.63) is 18.7 Å². The maximum Gasteiger partial charge on any atom is 0.244 e. The lowest BCUT2D eigenvalue weighted by atomic mass is 10.3. The van der Waals surface area contributed by atoms with E-state index in [4.69, 9.17) is 5.73 Å². The number of nitrogens with zero attached hydrogens (tertiary/aromatic N) is 3. The first-order valence-corrected chi connectivity index (χ1v) is 4.11. The molecule has 1 amide bonds. The van der Waals surface area contributed by atoms with Crippen LogP contribution in [-0.4, -0.2) is 28.5 Å². The molecule has 0 saturated carbocycles. The number of hydrogen-bond donors (Lipinski definition) is 1. The van der Waals surface area contributed by atoms with Crippen LogP contribution < -0.4 is 10.6 Å². The van der Waals surface area contributed by atoms with Gasteiger partial charge in [-0.25, -0.2) is 9.97 Å². The van der Waals surface area contributed by atoms with E-state index in [0.29, 0.717) is 13.0 Å². The largest absolute Gasteiger partial charge is 0.320 e. The molecule has 2 N–H and O–H groups in total. The van der Waals surface area contributed by atoms with E-state index in [1.54, 1.807) is 17.3 Å². The third-order valence-electron chi connectivity index (χ3n) is 2.11. The summed E-state index contributed by atoms with van der Waals surface area (Å²) in [5, 5.41) is 0. The lowest BCUT2D eigenvalue weighted by Gasteiger charge is -2.14. The second-order valence-electron chi connectivity index (χ2n) is 2.98. The van der Waals surface area contributed by atoms with Crippen LogP contribution in [0.25, 0.3) is 0 Å². The van der Waals surface area contributed by atoms with E-state index in [1.165, 1.54) is 6.33 Å². The summed E-state index contributed by atoms with van der Waals surface area (Å²) in [7, 11) is 0. The Balaban J connectivity index is 2.24. The van der Waals surface area contributed by atoms with Crippen LogP contribution in [-0.2, 0) is 4.79 Å². The Bertz CT molecular complexity index is 313. The smallest absolute Gasteiger partial charge is 0.244 e. The molecule has 68 valence electrons. The highest BCUT2D eigenvalue weighted by Crippen LogP contribution is 2.17. The van der Waals surface area contributed by atoms with Gasteiger partial charge in [0, 0.05) is 6.54 Å². The molecule has 2 rings (SSSR count). The van der Waals surface area contributed by atoms with Crippen LogP contribution in [0, 0.1) is 0 Å². The molecule has 1 fully saturated rings. The zero-order chi connectivity index (χ0) is 9.26. The van der Waals surface area contributed by atoms with E-state index in [9.17, 15) is 4.79 Å². The monoisotopic (exact) mass is 178 g/mol. The van der Waals surface area contributed by atoms with Gasteiger partial charge < -0.3 is 10.6 Å². The summed E-state index contributed by atoms with van der Waals surface area (Å²) in [6, 6.07) is -0.361. The number of hydrogen-bond acceptors (Lipinski definition) is 4. The summed E-state index contributed by atoms with van der Waals surface area (Å²) >= 11 is 0. The van der Waals surface area contributed by atoms with Crippen molar-refractivity contribution in [2.24, 2.45) is 5.73 Å². The van der Waals surface area contributed by atoms with Gasteiger partial charge in [0.1, 0.15) is 6.33 Å². The Hall–Kier alpha value is -1.49. The zero-order valence-electron chi connectivity index (χ0n) is 7.05. The van der Waals surface area contributed by atoms with Crippen molar-refractivity contribution in [3.8, 4) is 0 Å². The number of carbonyl (C=O) groups is 1. The molecule has 5 heteroatoms. The molecule has 1 unspecified atom stereocenters. The minimum Gasteiger partial charge on any atom is -0.320 e. The van der Waals surface area contributed by atoms with Crippen LogP contribution in [0.5, 0.6) is 0 Å². The third kappa shape index (κ3) is 1.38. The Morgan fingerprint density at radius 2 is 2.15 bits per heavy atom. The highest BCUT2D eigenvalue weighted by molar-refractivity contribution is 5.98. The van der Waals surface area contributed by atoms with Crippen LogP contribution in [0.3, 0.4) is 0 Å². The minimum atomic E-state index is -0.361.